The number of halogens is 2. The van der Waals surface area contributed by atoms with Crippen molar-refractivity contribution in [3.8, 4) is 0 Å². The minimum atomic E-state index is -0.446. The number of nitrogens with two attached hydrogens (primary N) is 1. The summed E-state index contributed by atoms with van der Waals surface area (Å²) in [6.45, 7) is 2.10. The largest absolute Gasteiger partial charge is 0.458 e. The van der Waals surface area contributed by atoms with Gasteiger partial charge in [0.2, 0.25) is 0 Å². The predicted molar refractivity (Wildman–Crippen MR) is 77.7 cm³/mol. The first-order valence-corrected chi connectivity index (χ1v) is 7.20. The Labute approximate surface area is 123 Å². The fraction of sp³-hybridized carbons (Fsp3) is 0.500. The first-order valence-electron chi connectivity index (χ1n) is 6.44. The number of carbonyl (C=O) groups is 1. The lowest BCUT2D eigenvalue weighted by molar-refractivity contribution is 0.00484. The van der Waals surface area contributed by atoms with Crippen molar-refractivity contribution in [3.63, 3.8) is 0 Å². The van der Waals surface area contributed by atoms with Gasteiger partial charge in [0.05, 0.1) is 15.6 Å². The van der Waals surface area contributed by atoms with Gasteiger partial charge in [-0.1, -0.05) is 36.5 Å². The summed E-state index contributed by atoms with van der Waals surface area (Å²) in [5.74, 6) is -0.0639. The van der Waals surface area contributed by atoms with Crippen LogP contribution >= 0.6 is 23.2 Å². The third-order valence-corrected chi connectivity index (χ3v) is 4.36. The molecule has 1 fully saturated rings. The zero-order valence-electron chi connectivity index (χ0n) is 10.8. The molecule has 1 saturated carbocycles. The molecule has 19 heavy (non-hydrogen) atoms. The summed E-state index contributed by atoms with van der Waals surface area (Å²) in [5.41, 5.74) is 6.32. The summed E-state index contributed by atoms with van der Waals surface area (Å²) >= 11 is 11.9. The third-order valence-electron chi connectivity index (χ3n) is 3.56. The molecule has 0 aliphatic heterocycles. The fourth-order valence-electron chi connectivity index (χ4n) is 2.42. The van der Waals surface area contributed by atoms with Crippen LogP contribution < -0.4 is 5.73 Å². The maximum Gasteiger partial charge on any atom is 0.340 e. The number of hydrogen-bond acceptors (Lipinski definition) is 3. The zero-order valence-corrected chi connectivity index (χ0v) is 12.3. The summed E-state index contributed by atoms with van der Waals surface area (Å²) < 4.78 is 5.54. The molecule has 1 aromatic rings. The minimum absolute atomic E-state index is 0.0440. The van der Waals surface area contributed by atoms with Crippen molar-refractivity contribution >= 4 is 34.9 Å². The number of carbonyl (C=O) groups excluding carboxylic acids is 1. The van der Waals surface area contributed by atoms with E-state index in [1.165, 1.54) is 18.6 Å². The predicted octanol–water partition coefficient (Wildman–Crippen LogP) is 4.31. The van der Waals surface area contributed by atoms with Crippen molar-refractivity contribution in [1.82, 2.24) is 0 Å². The summed E-state index contributed by atoms with van der Waals surface area (Å²) in [7, 11) is 0. The van der Waals surface area contributed by atoms with Gasteiger partial charge in [-0.05, 0) is 37.3 Å². The molecule has 0 aromatic heterocycles. The van der Waals surface area contributed by atoms with Crippen LogP contribution in [0.1, 0.15) is 43.0 Å². The summed E-state index contributed by atoms with van der Waals surface area (Å²) in [5, 5.41) is 0.467. The average Bonchev–Trinajstić information content (AvgIpc) is 2.36. The van der Waals surface area contributed by atoms with E-state index in [0.29, 0.717) is 11.6 Å². The van der Waals surface area contributed by atoms with Crippen LogP contribution in [0.15, 0.2) is 12.1 Å². The first kappa shape index (κ1) is 14.5. The fourth-order valence-corrected chi connectivity index (χ4v) is 2.83. The van der Waals surface area contributed by atoms with Crippen molar-refractivity contribution < 1.29 is 9.53 Å². The van der Waals surface area contributed by atoms with Gasteiger partial charge in [0.1, 0.15) is 6.10 Å². The van der Waals surface area contributed by atoms with Crippen LogP contribution in [-0.2, 0) is 4.74 Å². The van der Waals surface area contributed by atoms with E-state index < -0.39 is 5.97 Å². The number of nitrogen functional groups attached to an aromatic ring is 1. The molecule has 1 aliphatic rings. The lowest BCUT2D eigenvalue weighted by Gasteiger charge is -2.28. The van der Waals surface area contributed by atoms with E-state index in [0.717, 1.165) is 19.3 Å². The first-order chi connectivity index (χ1) is 8.99. The zero-order chi connectivity index (χ0) is 14.0. The lowest BCUT2D eigenvalue weighted by Crippen LogP contribution is -2.28. The highest BCUT2D eigenvalue weighted by Crippen LogP contribution is 2.31. The highest BCUT2D eigenvalue weighted by atomic mass is 35.5. The van der Waals surface area contributed by atoms with Crippen molar-refractivity contribution in [3.05, 3.63) is 27.7 Å². The molecule has 5 heteroatoms. The summed E-state index contributed by atoms with van der Waals surface area (Å²) in [4.78, 5) is 12.2. The second-order valence-corrected chi connectivity index (χ2v) is 5.85. The van der Waals surface area contributed by atoms with E-state index in [-0.39, 0.29) is 21.7 Å². The second-order valence-electron chi connectivity index (χ2n) is 5.07. The quantitative estimate of drug-likeness (QED) is 0.654. The number of benzene rings is 1. The molecular weight excluding hydrogens is 285 g/mol. The smallest absolute Gasteiger partial charge is 0.340 e. The Morgan fingerprint density at radius 2 is 2.00 bits per heavy atom. The number of anilines is 1. The average molecular weight is 302 g/mol. The van der Waals surface area contributed by atoms with E-state index >= 15 is 0 Å². The van der Waals surface area contributed by atoms with E-state index in [1.807, 2.05) is 0 Å². The summed E-state index contributed by atoms with van der Waals surface area (Å²) in [6.07, 6.45) is 4.23. The highest BCUT2D eigenvalue weighted by Gasteiger charge is 2.26. The molecule has 1 aromatic carbocycles. The van der Waals surface area contributed by atoms with Crippen LogP contribution in [0.25, 0.3) is 0 Å². The number of esters is 1. The maximum atomic E-state index is 12.2. The van der Waals surface area contributed by atoms with Gasteiger partial charge in [-0.15, -0.1) is 0 Å². The van der Waals surface area contributed by atoms with Crippen LogP contribution in [-0.4, -0.2) is 12.1 Å². The Bertz CT molecular complexity index is 491. The van der Waals surface area contributed by atoms with Crippen LogP contribution in [0.2, 0.25) is 10.0 Å². The molecule has 2 rings (SSSR count). The Kier molecular flexibility index (Phi) is 4.58. The van der Waals surface area contributed by atoms with Crippen molar-refractivity contribution in [2.75, 3.05) is 5.73 Å². The minimum Gasteiger partial charge on any atom is -0.458 e. The van der Waals surface area contributed by atoms with Crippen LogP contribution in [0, 0.1) is 5.92 Å². The van der Waals surface area contributed by atoms with Gasteiger partial charge in [0.15, 0.2) is 0 Å². The molecular formula is C14H17Cl2NO2. The molecule has 0 heterocycles. The van der Waals surface area contributed by atoms with E-state index in [4.69, 9.17) is 33.7 Å². The normalized spacial score (nSPS) is 23.1. The molecule has 0 radical (unpaired) electrons. The van der Waals surface area contributed by atoms with Gasteiger partial charge in [0.25, 0.3) is 0 Å². The Morgan fingerprint density at radius 1 is 1.32 bits per heavy atom. The van der Waals surface area contributed by atoms with Gasteiger partial charge >= 0.3 is 5.97 Å². The molecule has 0 spiro atoms. The molecule has 2 unspecified atom stereocenters. The lowest BCUT2D eigenvalue weighted by atomic mass is 9.88. The van der Waals surface area contributed by atoms with Gasteiger partial charge in [-0.2, -0.15) is 0 Å². The van der Waals surface area contributed by atoms with Crippen LogP contribution in [0.4, 0.5) is 5.69 Å². The highest BCUT2D eigenvalue weighted by molar-refractivity contribution is 6.44. The van der Waals surface area contributed by atoms with Crippen LogP contribution in [0.3, 0.4) is 0 Å². The van der Waals surface area contributed by atoms with Gasteiger partial charge in [-0.3, -0.25) is 0 Å². The monoisotopic (exact) mass is 301 g/mol. The molecule has 2 atom stereocenters. The van der Waals surface area contributed by atoms with E-state index in [2.05, 4.69) is 6.92 Å². The second kappa shape index (κ2) is 6.02. The molecule has 2 N–H and O–H groups in total. The number of ether oxygens (including phenoxy) is 1. The van der Waals surface area contributed by atoms with Crippen LogP contribution in [0.5, 0.6) is 0 Å². The number of rotatable bonds is 2. The van der Waals surface area contributed by atoms with Gasteiger partial charge < -0.3 is 10.5 Å². The van der Waals surface area contributed by atoms with Gasteiger partial charge in [-0.25, -0.2) is 4.79 Å². The van der Waals surface area contributed by atoms with Crippen molar-refractivity contribution in [2.24, 2.45) is 5.92 Å². The molecule has 0 amide bonds. The Balaban J connectivity index is 2.15. The molecule has 1 aliphatic carbocycles. The maximum absolute atomic E-state index is 12.2. The Hall–Kier alpha value is -0.930. The van der Waals surface area contributed by atoms with E-state index in [9.17, 15) is 4.79 Å². The molecule has 104 valence electrons. The number of hydrogen-bond donors (Lipinski definition) is 1. The standard InChI is InChI=1S/C14H17Cl2NO2/c1-8-4-2-3-5-12(8)19-14(18)10-6-9(17)7-11(15)13(10)16/h6-8,12H,2-5,17H2,1H3. The molecule has 3 nitrogen and oxygen atoms in total. The summed E-state index contributed by atoms with van der Waals surface area (Å²) in [6, 6.07) is 3.02. The SMILES string of the molecule is CC1CCCCC1OC(=O)c1cc(N)cc(Cl)c1Cl. The van der Waals surface area contributed by atoms with Crippen molar-refractivity contribution in [2.45, 2.75) is 38.7 Å². The molecule has 0 bridgehead atoms. The van der Waals surface area contributed by atoms with Gasteiger partial charge in [0, 0.05) is 5.69 Å². The van der Waals surface area contributed by atoms with Crippen molar-refractivity contribution in [1.29, 1.82) is 0 Å². The topological polar surface area (TPSA) is 52.3 Å². The Morgan fingerprint density at radius 3 is 2.68 bits per heavy atom. The molecule has 0 saturated heterocycles. The third kappa shape index (κ3) is 3.34. The van der Waals surface area contributed by atoms with E-state index in [1.54, 1.807) is 0 Å².